The first-order chi connectivity index (χ1) is 13.0. The van der Waals surface area contributed by atoms with Crippen molar-refractivity contribution < 1.29 is 19.4 Å². The van der Waals surface area contributed by atoms with Crippen molar-refractivity contribution >= 4 is 5.97 Å². The van der Waals surface area contributed by atoms with E-state index in [2.05, 4.69) is 55.4 Å². The van der Waals surface area contributed by atoms with Crippen LogP contribution in [0.15, 0.2) is 0 Å². The summed E-state index contributed by atoms with van der Waals surface area (Å²) in [5, 5.41) is 9.07. The van der Waals surface area contributed by atoms with Gasteiger partial charge in [0.05, 0.1) is 19.6 Å². The number of ether oxygens (including phenoxy) is 2. The zero-order chi connectivity index (χ0) is 21.7. The maximum absolute atomic E-state index is 11.0. The van der Waals surface area contributed by atoms with Crippen molar-refractivity contribution in [1.82, 2.24) is 0 Å². The molecule has 168 valence electrons. The van der Waals surface area contributed by atoms with Crippen LogP contribution in [0.2, 0.25) is 0 Å². The van der Waals surface area contributed by atoms with Gasteiger partial charge in [-0.1, -0.05) is 68.2 Å². The van der Waals surface area contributed by atoms with Crippen LogP contribution in [0.4, 0.5) is 0 Å². The minimum Gasteiger partial charge on any atom is -0.481 e. The lowest BCUT2D eigenvalue weighted by atomic mass is 9.89. The van der Waals surface area contributed by atoms with Crippen molar-refractivity contribution in [2.75, 3.05) is 13.2 Å². The zero-order valence-corrected chi connectivity index (χ0v) is 19.9. The van der Waals surface area contributed by atoms with Crippen LogP contribution >= 0.6 is 0 Å². The van der Waals surface area contributed by atoms with E-state index < -0.39 is 12.3 Å². The summed E-state index contributed by atoms with van der Waals surface area (Å²) in [6.07, 6.45) is 4.75. The number of aliphatic carboxylic acids is 1. The molecular weight excluding hydrogens is 352 g/mol. The average Bonchev–Trinajstić information content (AvgIpc) is 2.57. The second-order valence-corrected chi connectivity index (χ2v) is 9.98. The Balaban J connectivity index is 4.74. The third-order valence-corrected chi connectivity index (χ3v) is 5.70. The minimum absolute atomic E-state index is 0.0847. The first-order valence-electron chi connectivity index (χ1n) is 11.5. The second-order valence-electron chi connectivity index (χ2n) is 9.98. The Morgan fingerprint density at radius 3 is 1.36 bits per heavy atom. The van der Waals surface area contributed by atoms with Crippen molar-refractivity contribution in [3.05, 3.63) is 0 Å². The van der Waals surface area contributed by atoms with E-state index in [1.165, 1.54) is 12.8 Å². The van der Waals surface area contributed by atoms with Crippen LogP contribution in [-0.4, -0.2) is 30.6 Å². The van der Waals surface area contributed by atoms with Crippen molar-refractivity contribution in [2.24, 2.45) is 35.5 Å². The predicted molar refractivity (Wildman–Crippen MR) is 117 cm³/mol. The van der Waals surface area contributed by atoms with Crippen molar-refractivity contribution in [3.63, 3.8) is 0 Å². The largest absolute Gasteiger partial charge is 0.481 e. The van der Waals surface area contributed by atoms with Gasteiger partial charge in [0.2, 0.25) is 0 Å². The highest BCUT2D eigenvalue weighted by Crippen LogP contribution is 2.24. The third-order valence-electron chi connectivity index (χ3n) is 5.70. The van der Waals surface area contributed by atoms with E-state index in [0.29, 0.717) is 55.1 Å². The Hall–Kier alpha value is -0.610. The molecule has 0 radical (unpaired) electrons. The average molecular weight is 401 g/mol. The molecule has 2 atom stereocenters. The molecule has 2 unspecified atom stereocenters. The van der Waals surface area contributed by atoms with Crippen LogP contribution in [-0.2, 0) is 14.3 Å². The molecule has 1 N–H and O–H groups in total. The van der Waals surface area contributed by atoms with Gasteiger partial charge in [-0.2, -0.15) is 0 Å². The fraction of sp³-hybridized carbons (Fsp3) is 0.958. The second kappa shape index (κ2) is 15.3. The smallest absolute Gasteiger partial charge is 0.303 e. The molecule has 0 amide bonds. The molecule has 0 saturated carbocycles. The monoisotopic (exact) mass is 400 g/mol. The summed E-state index contributed by atoms with van der Waals surface area (Å²) in [7, 11) is 0. The van der Waals surface area contributed by atoms with Crippen LogP contribution in [0.25, 0.3) is 0 Å². The number of rotatable bonds is 17. The lowest BCUT2D eigenvalue weighted by molar-refractivity contribution is -0.170. The topological polar surface area (TPSA) is 55.8 Å². The summed E-state index contributed by atoms with van der Waals surface area (Å²) in [6.45, 7) is 19.2. The van der Waals surface area contributed by atoms with Crippen LogP contribution in [0.5, 0.6) is 0 Å². The minimum atomic E-state index is -0.794. The lowest BCUT2D eigenvalue weighted by Gasteiger charge is -2.28. The first kappa shape index (κ1) is 27.4. The van der Waals surface area contributed by atoms with Crippen LogP contribution in [0.1, 0.15) is 93.9 Å². The summed E-state index contributed by atoms with van der Waals surface area (Å²) in [5.41, 5.74) is 0. The quantitative estimate of drug-likeness (QED) is 0.278. The van der Waals surface area contributed by atoms with E-state index in [-0.39, 0.29) is 6.42 Å². The summed E-state index contributed by atoms with van der Waals surface area (Å²) < 4.78 is 12.2. The highest BCUT2D eigenvalue weighted by Gasteiger charge is 2.21. The standard InChI is InChI=1S/C24H48O4/c1-17(2)9-11-21(19(5)6)15-27-24(14-13-23(25)26)28-16-22(20(7)8)12-10-18(3)4/h17-22,24H,9-16H2,1-8H3,(H,25,26). The van der Waals surface area contributed by atoms with Gasteiger partial charge in [0.1, 0.15) is 0 Å². The third kappa shape index (κ3) is 14.4. The van der Waals surface area contributed by atoms with E-state index in [4.69, 9.17) is 14.6 Å². The van der Waals surface area contributed by atoms with Gasteiger partial charge in [0, 0.05) is 6.42 Å². The van der Waals surface area contributed by atoms with E-state index >= 15 is 0 Å². The predicted octanol–water partition coefficient (Wildman–Crippen LogP) is 6.63. The highest BCUT2D eigenvalue weighted by molar-refractivity contribution is 5.66. The summed E-state index contributed by atoms with van der Waals surface area (Å²) in [4.78, 5) is 11.0. The number of carbonyl (C=O) groups is 1. The fourth-order valence-electron chi connectivity index (χ4n) is 3.23. The first-order valence-corrected chi connectivity index (χ1v) is 11.5. The Labute approximate surface area is 174 Å². The molecule has 0 fully saturated rings. The number of hydrogen-bond acceptors (Lipinski definition) is 3. The van der Waals surface area contributed by atoms with Crippen molar-refractivity contribution in [1.29, 1.82) is 0 Å². The number of hydrogen-bond donors (Lipinski definition) is 1. The summed E-state index contributed by atoms with van der Waals surface area (Å²) in [5.74, 6) is 2.65. The van der Waals surface area contributed by atoms with Gasteiger partial charge in [-0.05, 0) is 48.3 Å². The van der Waals surface area contributed by atoms with Gasteiger partial charge >= 0.3 is 5.97 Å². The van der Waals surface area contributed by atoms with Crippen LogP contribution < -0.4 is 0 Å². The molecule has 0 spiro atoms. The lowest BCUT2D eigenvalue weighted by Crippen LogP contribution is -2.28. The number of carboxylic acid groups (broad SMARTS) is 1. The molecule has 0 aliphatic rings. The molecule has 0 rings (SSSR count). The van der Waals surface area contributed by atoms with Gasteiger partial charge in [-0.3, -0.25) is 4.79 Å². The molecule has 0 saturated heterocycles. The Morgan fingerprint density at radius 2 is 1.07 bits per heavy atom. The van der Waals surface area contributed by atoms with E-state index in [0.717, 1.165) is 12.8 Å². The maximum Gasteiger partial charge on any atom is 0.303 e. The molecule has 0 aliphatic carbocycles. The molecule has 0 aliphatic heterocycles. The van der Waals surface area contributed by atoms with Crippen molar-refractivity contribution in [2.45, 2.75) is 100 Å². The SMILES string of the molecule is CC(C)CCC(COC(CCC(=O)O)OCC(CCC(C)C)C(C)C)C(C)C. The van der Waals surface area contributed by atoms with E-state index in [1.54, 1.807) is 0 Å². The van der Waals surface area contributed by atoms with Gasteiger partial charge in [0.15, 0.2) is 6.29 Å². The van der Waals surface area contributed by atoms with Crippen LogP contribution in [0, 0.1) is 35.5 Å². The molecule has 4 nitrogen and oxygen atoms in total. The molecule has 0 aromatic carbocycles. The Bertz CT molecular complexity index is 362. The van der Waals surface area contributed by atoms with Gasteiger partial charge in [-0.25, -0.2) is 0 Å². The molecule has 0 aromatic rings. The Kier molecular flexibility index (Phi) is 14.9. The van der Waals surface area contributed by atoms with E-state index in [9.17, 15) is 4.79 Å². The summed E-state index contributed by atoms with van der Waals surface area (Å²) in [6, 6.07) is 0. The molecule has 0 aromatic heterocycles. The van der Waals surface area contributed by atoms with Gasteiger partial charge in [0.25, 0.3) is 0 Å². The number of carboxylic acids is 1. The highest BCUT2D eigenvalue weighted by atomic mass is 16.7. The fourth-order valence-corrected chi connectivity index (χ4v) is 3.23. The van der Waals surface area contributed by atoms with Crippen LogP contribution in [0.3, 0.4) is 0 Å². The molecule has 4 heteroatoms. The molecule has 0 bridgehead atoms. The van der Waals surface area contributed by atoms with Gasteiger partial charge in [-0.15, -0.1) is 0 Å². The normalized spacial score (nSPS) is 15.6. The summed E-state index contributed by atoms with van der Waals surface area (Å²) >= 11 is 0. The molecule has 28 heavy (non-hydrogen) atoms. The van der Waals surface area contributed by atoms with Crippen molar-refractivity contribution in [3.8, 4) is 0 Å². The maximum atomic E-state index is 11.0. The molecule has 0 heterocycles. The Morgan fingerprint density at radius 1 is 0.679 bits per heavy atom. The van der Waals surface area contributed by atoms with E-state index in [1.807, 2.05) is 0 Å². The molecular formula is C24H48O4. The van der Waals surface area contributed by atoms with Gasteiger partial charge < -0.3 is 14.6 Å². The zero-order valence-electron chi connectivity index (χ0n) is 19.9.